The van der Waals surface area contributed by atoms with E-state index in [4.69, 9.17) is 9.26 Å². The number of carboxylic acid groups (broad SMARTS) is 1. The first-order valence-electron chi connectivity index (χ1n) is 11.4. The van der Waals surface area contributed by atoms with E-state index >= 15 is 0 Å². The van der Waals surface area contributed by atoms with E-state index in [1.54, 1.807) is 25.1 Å². The first kappa shape index (κ1) is 28.8. The lowest BCUT2D eigenvalue weighted by Crippen LogP contribution is -2.70. The van der Waals surface area contributed by atoms with Crippen LogP contribution in [0.25, 0.3) is 0 Å². The number of benzene rings is 1. The number of thioether (sulfide) groups is 2. The van der Waals surface area contributed by atoms with Crippen LogP contribution in [-0.4, -0.2) is 88.9 Å². The van der Waals surface area contributed by atoms with Gasteiger partial charge < -0.3 is 24.6 Å². The largest absolute Gasteiger partial charge is 0.477 e. The lowest BCUT2D eigenvalue weighted by atomic mass is 10.0. The Balaban J connectivity index is 1.42. The van der Waals surface area contributed by atoms with Crippen molar-refractivity contribution >= 4 is 55.4 Å². The van der Waals surface area contributed by atoms with Crippen LogP contribution in [0.1, 0.15) is 12.5 Å². The number of tetrazole rings is 1. The molecule has 0 saturated carbocycles. The van der Waals surface area contributed by atoms with Crippen LogP contribution in [-0.2, 0) is 41.0 Å². The third-order valence-corrected chi connectivity index (χ3v) is 9.25. The van der Waals surface area contributed by atoms with Gasteiger partial charge in [0.05, 0.1) is 13.0 Å². The number of hydrogen-bond donors (Lipinski definition) is 3. The third kappa shape index (κ3) is 6.50. The van der Waals surface area contributed by atoms with Crippen molar-refractivity contribution in [2.45, 2.75) is 36.2 Å². The molecule has 2 amide bonds. The lowest BCUT2D eigenvalue weighted by Gasteiger charge is -2.49. The maximum Gasteiger partial charge on any atom is 0.352 e. The van der Waals surface area contributed by atoms with Crippen LogP contribution in [0, 0.1) is 0 Å². The summed E-state index contributed by atoms with van der Waals surface area (Å²) in [6.45, 7) is 1.85. The van der Waals surface area contributed by atoms with Gasteiger partial charge in [-0.05, 0) is 29.0 Å². The number of aliphatic carboxylic acids is 1. The fourth-order valence-electron chi connectivity index (χ4n) is 3.96. The van der Waals surface area contributed by atoms with Gasteiger partial charge in [-0.25, -0.2) is 9.48 Å². The molecule has 3 N–H and O–H groups in total. The molecule has 0 radical (unpaired) electrons. The standard InChI is InChI=1S/C21H23N6O9PS2/c1-2-36-37(33,34)10-26-21(23-24-25-26)39-9-13-8-38-19-16(18(30)27(19)17(13)20(31)32)22-15(29)7-12-5-3-4-6-14(12)35-11-28/h3-6,11,16,19H,2,7-10H2,1H3,(H,22,29)(H,31,32)(H,33,34)/t16-,19-/m1/s1. The highest BCUT2D eigenvalue weighted by Crippen LogP contribution is 2.44. The van der Waals surface area contributed by atoms with Crippen LogP contribution < -0.4 is 10.1 Å². The Labute approximate surface area is 229 Å². The Morgan fingerprint density at radius 1 is 1.36 bits per heavy atom. The van der Waals surface area contributed by atoms with Gasteiger partial charge in [-0.3, -0.25) is 23.8 Å². The molecule has 2 aliphatic rings. The molecule has 1 unspecified atom stereocenters. The molecule has 18 heteroatoms. The predicted molar refractivity (Wildman–Crippen MR) is 137 cm³/mol. The van der Waals surface area contributed by atoms with Crippen molar-refractivity contribution in [1.82, 2.24) is 30.4 Å². The van der Waals surface area contributed by atoms with E-state index in [0.29, 0.717) is 11.1 Å². The quantitative estimate of drug-likeness (QED) is 0.124. The van der Waals surface area contributed by atoms with E-state index in [9.17, 15) is 33.7 Å². The van der Waals surface area contributed by atoms with Gasteiger partial charge in [-0.15, -0.1) is 16.9 Å². The zero-order valence-corrected chi connectivity index (χ0v) is 22.9. The van der Waals surface area contributed by atoms with Gasteiger partial charge in [0.2, 0.25) is 11.1 Å². The second-order valence-electron chi connectivity index (χ2n) is 8.16. The van der Waals surface area contributed by atoms with Gasteiger partial charge in [0.1, 0.15) is 29.1 Å². The van der Waals surface area contributed by atoms with E-state index < -0.39 is 43.1 Å². The second kappa shape index (κ2) is 12.3. The molecule has 39 heavy (non-hydrogen) atoms. The van der Waals surface area contributed by atoms with Gasteiger partial charge in [0.15, 0.2) is 0 Å². The summed E-state index contributed by atoms with van der Waals surface area (Å²) in [6, 6.07) is 5.55. The van der Waals surface area contributed by atoms with Crippen LogP contribution in [0.5, 0.6) is 5.75 Å². The van der Waals surface area contributed by atoms with Crippen molar-refractivity contribution in [3.05, 3.63) is 41.1 Å². The first-order chi connectivity index (χ1) is 18.6. The van der Waals surface area contributed by atoms with Crippen LogP contribution in [0.2, 0.25) is 0 Å². The molecule has 1 aromatic carbocycles. The van der Waals surface area contributed by atoms with E-state index in [-0.39, 0.29) is 47.6 Å². The number of amides is 2. The van der Waals surface area contributed by atoms with Gasteiger partial charge in [0, 0.05) is 17.1 Å². The molecule has 2 aliphatic heterocycles. The molecule has 3 atom stereocenters. The summed E-state index contributed by atoms with van der Waals surface area (Å²) >= 11 is 2.34. The van der Waals surface area contributed by atoms with Crippen LogP contribution >= 0.6 is 31.1 Å². The molecule has 1 aromatic heterocycles. The summed E-state index contributed by atoms with van der Waals surface area (Å²) in [5.41, 5.74) is 0.694. The van der Waals surface area contributed by atoms with Gasteiger partial charge in [-0.2, -0.15) is 0 Å². The Morgan fingerprint density at radius 2 is 2.13 bits per heavy atom. The molecule has 3 heterocycles. The lowest BCUT2D eigenvalue weighted by molar-refractivity contribution is -0.150. The maximum atomic E-state index is 12.9. The Morgan fingerprint density at radius 3 is 2.85 bits per heavy atom. The smallest absolute Gasteiger partial charge is 0.352 e. The number of nitrogens with zero attached hydrogens (tertiary/aromatic N) is 5. The maximum absolute atomic E-state index is 12.9. The fraction of sp³-hybridized carbons (Fsp3) is 0.381. The summed E-state index contributed by atoms with van der Waals surface area (Å²) in [7, 11) is -3.97. The summed E-state index contributed by atoms with van der Waals surface area (Å²) in [5.74, 6) is -1.78. The number of carbonyl (C=O) groups excluding carboxylic acids is 3. The molecule has 4 rings (SSSR count). The van der Waals surface area contributed by atoms with Crippen molar-refractivity contribution in [3.63, 3.8) is 0 Å². The van der Waals surface area contributed by atoms with E-state index in [1.807, 2.05) is 0 Å². The monoisotopic (exact) mass is 598 g/mol. The van der Waals surface area contributed by atoms with Gasteiger partial charge in [0.25, 0.3) is 12.4 Å². The molecule has 15 nitrogen and oxygen atoms in total. The molecule has 1 fully saturated rings. The number of ether oxygens (including phenoxy) is 1. The molecule has 2 aromatic rings. The van der Waals surface area contributed by atoms with Crippen molar-refractivity contribution < 1.29 is 43.0 Å². The average Bonchev–Trinajstić information content (AvgIpc) is 3.32. The fourth-order valence-corrected chi connectivity index (χ4v) is 7.43. The highest BCUT2D eigenvalue weighted by molar-refractivity contribution is 8.01. The van der Waals surface area contributed by atoms with Crippen LogP contribution in [0.4, 0.5) is 0 Å². The number of carboxylic acids is 1. The average molecular weight is 599 g/mol. The number of aromatic nitrogens is 4. The Hall–Kier alpha value is -3.24. The molecule has 0 spiro atoms. The molecular weight excluding hydrogens is 575 g/mol. The third-order valence-electron chi connectivity index (χ3n) is 5.58. The van der Waals surface area contributed by atoms with Crippen molar-refractivity contribution in [2.75, 3.05) is 18.1 Å². The molecular formula is C21H23N6O9PS2. The number of carbonyl (C=O) groups is 4. The zero-order chi connectivity index (χ0) is 28.2. The van der Waals surface area contributed by atoms with Crippen molar-refractivity contribution in [1.29, 1.82) is 0 Å². The topological polar surface area (TPSA) is 203 Å². The second-order valence-corrected chi connectivity index (χ2v) is 12.0. The normalized spacial score (nSPS) is 20.1. The van der Waals surface area contributed by atoms with Gasteiger partial charge >= 0.3 is 13.6 Å². The van der Waals surface area contributed by atoms with E-state index in [0.717, 1.165) is 21.3 Å². The highest BCUT2D eigenvalue weighted by atomic mass is 32.2. The SMILES string of the molecule is CCOP(=O)(O)Cn1nnnc1SCC1=C(C(=O)O)N2C(=O)[C@@H](NC(=O)Cc3ccccc3OC=O)[C@H]2SC1. The minimum absolute atomic E-state index is 0.0266. The zero-order valence-electron chi connectivity index (χ0n) is 20.3. The summed E-state index contributed by atoms with van der Waals surface area (Å²) in [6.07, 6.45) is -0.622. The minimum Gasteiger partial charge on any atom is -0.477 e. The number of nitrogens with one attached hydrogen (secondary N) is 1. The van der Waals surface area contributed by atoms with Crippen molar-refractivity contribution in [2.24, 2.45) is 0 Å². The number of para-hydroxylation sites is 1. The van der Waals surface area contributed by atoms with Crippen molar-refractivity contribution in [3.8, 4) is 5.75 Å². The Kier molecular flexibility index (Phi) is 9.07. The van der Waals surface area contributed by atoms with E-state index in [2.05, 4.69) is 20.8 Å². The number of fused-ring (bicyclic) bond motifs is 1. The molecule has 0 bridgehead atoms. The highest BCUT2D eigenvalue weighted by Gasteiger charge is 2.54. The minimum atomic E-state index is -3.97. The number of hydrogen-bond acceptors (Lipinski definition) is 12. The van der Waals surface area contributed by atoms with E-state index in [1.165, 1.54) is 17.8 Å². The van der Waals surface area contributed by atoms with Crippen LogP contribution in [0.3, 0.4) is 0 Å². The van der Waals surface area contributed by atoms with Gasteiger partial charge in [-0.1, -0.05) is 30.0 Å². The first-order valence-corrected chi connectivity index (χ1v) is 15.2. The molecule has 0 aliphatic carbocycles. The predicted octanol–water partition coefficient (Wildman–Crippen LogP) is 0.461. The molecule has 1 saturated heterocycles. The molecule has 208 valence electrons. The number of rotatable bonds is 13. The Bertz CT molecular complexity index is 1370. The van der Waals surface area contributed by atoms with Crippen LogP contribution in [0.15, 0.2) is 40.7 Å². The number of β-lactam (4-membered cyclic amide) rings is 1. The summed E-state index contributed by atoms with van der Waals surface area (Å²) in [4.78, 5) is 59.4. The summed E-state index contributed by atoms with van der Waals surface area (Å²) < 4.78 is 22.9. The summed E-state index contributed by atoms with van der Waals surface area (Å²) in [5, 5.41) is 23.1.